The molecule has 2 aromatic carbocycles. The highest BCUT2D eigenvalue weighted by molar-refractivity contribution is 6.35. The van der Waals surface area contributed by atoms with Gasteiger partial charge in [-0.1, -0.05) is 35.9 Å². The monoisotopic (exact) mass is 326 g/mol. The first-order valence-electron chi connectivity index (χ1n) is 7.08. The Morgan fingerprint density at radius 3 is 2.52 bits per heavy atom. The van der Waals surface area contributed by atoms with Gasteiger partial charge in [0.05, 0.1) is 0 Å². The summed E-state index contributed by atoms with van der Waals surface area (Å²) in [5, 5.41) is 6.26. The maximum absolute atomic E-state index is 6.21. The van der Waals surface area contributed by atoms with E-state index in [2.05, 4.69) is 16.3 Å². The summed E-state index contributed by atoms with van der Waals surface area (Å²) in [5.41, 5.74) is 0. The third kappa shape index (κ3) is 4.01. The zero-order valence-corrected chi connectivity index (χ0v) is 13.4. The second-order valence-electron chi connectivity index (χ2n) is 5.03. The van der Waals surface area contributed by atoms with Crippen molar-refractivity contribution in [2.45, 2.75) is 0 Å². The first kappa shape index (κ1) is 16.4. The third-order valence-corrected chi connectivity index (χ3v) is 4.04. The SMILES string of the molecule is Cl.Clc1ccc(OCCN2CCNCC2)c2ccccc12. The predicted octanol–water partition coefficient (Wildman–Crippen LogP) is 3.20. The van der Waals surface area contributed by atoms with E-state index in [0.29, 0.717) is 6.61 Å². The van der Waals surface area contributed by atoms with Gasteiger partial charge in [-0.15, -0.1) is 12.4 Å². The molecule has 0 aliphatic carbocycles. The molecule has 3 nitrogen and oxygen atoms in total. The molecule has 0 amide bonds. The number of nitrogens with zero attached hydrogens (tertiary/aromatic N) is 1. The topological polar surface area (TPSA) is 24.5 Å². The summed E-state index contributed by atoms with van der Waals surface area (Å²) in [6, 6.07) is 12.0. The lowest BCUT2D eigenvalue weighted by molar-refractivity contribution is 0.192. The number of ether oxygens (including phenoxy) is 1. The van der Waals surface area contributed by atoms with Gasteiger partial charge in [0, 0.05) is 48.5 Å². The number of benzene rings is 2. The van der Waals surface area contributed by atoms with Gasteiger partial charge in [-0.2, -0.15) is 0 Å². The van der Waals surface area contributed by atoms with Gasteiger partial charge in [0.2, 0.25) is 0 Å². The molecule has 1 fully saturated rings. The standard InChI is InChI=1S/C16H19ClN2O.ClH/c17-15-5-6-16(14-4-2-1-3-13(14)15)20-12-11-19-9-7-18-8-10-19;/h1-6,18H,7-12H2;1H. The first-order valence-corrected chi connectivity index (χ1v) is 7.45. The van der Waals surface area contributed by atoms with Crippen LogP contribution in [0.2, 0.25) is 5.02 Å². The van der Waals surface area contributed by atoms with E-state index in [-0.39, 0.29) is 12.4 Å². The van der Waals surface area contributed by atoms with Gasteiger partial charge >= 0.3 is 0 Å². The number of halogens is 2. The molecular formula is C16H20Cl2N2O. The summed E-state index contributed by atoms with van der Waals surface area (Å²) in [5.74, 6) is 0.917. The molecule has 1 aliphatic rings. The first-order chi connectivity index (χ1) is 9.84. The molecule has 1 heterocycles. The summed E-state index contributed by atoms with van der Waals surface area (Å²) in [6.07, 6.45) is 0. The highest BCUT2D eigenvalue weighted by Gasteiger charge is 2.10. The van der Waals surface area contributed by atoms with Crippen LogP contribution in [0, 0.1) is 0 Å². The van der Waals surface area contributed by atoms with Gasteiger partial charge < -0.3 is 10.1 Å². The normalized spacial score (nSPS) is 15.7. The van der Waals surface area contributed by atoms with Crippen LogP contribution in [-0.2, 0) is 0 Å². The van der Waals surface area contributed by atoms with Gasteiger partial charge in [-0.05, 0) is 12.1 Å². The van der Waals surface area contributed by atoms with E-state index in [4.69, 9.17) is 16.3 Å². The number of hydrogen-bond acceptors (Lipinski definition) is 3. The van der Waals surface area contributed by atoms with E-state index in [0.717, 1.165) is 54.3 Å². The van der Waals surface area contributed by atoms with Crippen molar-refractivity contribution >= 4 is 34.8 Å². The second-order valence-corrected chi connectivity index (χ2v) is 5.44. The lowest BCUT2D eigenvalue weighted by Crippen LogP contribution is -2.44. The van der Waals surface area contributed by atoms with Gasteiger partial charge in [-0.3, -0.25) is 4.90 Å². The van der Waals surface area contributed by atoms with Crippen molar-refractivity contribution in [1.29, 1.82) is 0 Å². The molecule has 21 heavy (non-hydrogen) atoms. The molecule has 114 valence electrons. The van der Waals surface area contributed by atoms with Crippen molar-refractivity contribution in [3.63, 3.8) is 0 Å². The molecule has 2 aromatic rings. The van der Waals surface area contributed by atoms with Crippen LogP contribution in [0.4, 0.5) is 0 Å². The van der Waals surface area contributed by atoms with Crippen LogP contribution in [0.3, 0.4) is 0 Å². The van der Waals surface area contributed by atoms with Gasteiger partial charge in [0.25, 0.3) is 0 Å². The number of hydrogen-bond donors (Lipinski definition) is 1. The lowest BCUT2D eigenvalue weighted by Gasteiger charge is -2.27. The van der Waals surface area contributed by atoms with Crippen LogP contribution >= 0.6 is 24.0 Å². The summed E-state index contributed by atoms with van der Waals surface area (Å²) >= 11 is 6.21. The average molecular weight is 327 g/mol. The molecule has 1 saturated heterocycles. The Balaban J connectivity index is 0.00000161. The number of nitrogens with one attached hydrogen (secondary N) is 1. The van der Waals surface area contributed by atoms with Crippen LogP contribution in [-0.4, -0.2) is 44.2 Å². The zero-order chi connectivity index (χ0) is 13.8. The van der Waals surface area contributed by atoms with Crippen LogP contribution in [0.5, 0.6) is 5.75 Å². The fraction of sp³-hybridized carbons (Fsp3) is 0.375. The molecular weight excluding hydrogens is 307 g/mol. The van der Waals surface area contributed by atoms with E-state index in [1.54, 1.807) is 0 Å². The van der Waals surface area contributed by atoms with E-state index in [1.165, 1.54) is 0 Å². The van der Waals surface area contributed by atoms with Gasteiger partial charge in [0.15, 0.2) is 0 Å². The zero-order valence-electron chi connectivity index (χ0n) is 11.8. The molecule has 0 atom stereocenters. The van der Waals surface area contributed by atoms with Crippen molar-refractivity contribution in [1.82, 2.24) is 10.2 Å². The minimum absolute atomic E-state index is 0. The maximum Gasteiger partial charge on any atom is 0.127 e. The number of fused-ring (bicyclic) bond motifs is 1. The summed E-state index contributed by atoms with van der Waals surface area (Å²) in [7, 11) is 0. The summed E-state index contributed by atoms with van der Waals surface area (Å²) < 4.78 is 5.96. The Labute approximate surface area is 136 Å². The molecule has 0 aromatic heterocycles. The van der Waals surface area contributed by atoms with E-state index < -0.39 is 0 Å². The maximum atomic E-state index is 6.21. The van der Waals surface area contributed by atoms with E-state index in [1.807, 2.05) is 30.3 Å². The fourth-order valence-electron chi connectivity index (χ4n) is 2.58. The highest BCUT2D eigenvalue weighted by Crippen LogP contribution is 2.31. The van der Waals surface area contributed by atoms with Crippen molar-refractivity contribution < 1.29 is 4.74 Å². The fourth-order valence-corrected chi connectivity index (χ4v) is 2.81. The van der Waals surface area contributed by atoms with Crippen LogP contribution < -0.4 is 10.1 Å². The van der Waals surface area contributed by atoms with Crippen LogP contribution in [0.1, 0.15) is 0 Å². The van der Waals surface area contributed by atoms with Crippen molar-refractivity contribution in [2.75, 3.05) is 39.3 Å². The molecule has 0 bridgehead atoms. The predicted molar refractivity (Wildman–Crippen MR) is 91.0 cm³/mol. The molecule has 3 rings (SSSR count). The minimum atomic E-state index is 0. The Morgan fingerprint density at radius 1 is 1.05 bits per heavy atom. The number of rotatable bonds is 4. The molecule has 0 spiro atoms. The molecule has 1 N–H and O–H groups in total. The van der Waals surface area contributed by atoms with Crippen molar-refractivity contribution in [3.05, 3.63) is 41.4 Å². The van der Waals surface area contributed by atoms with Crippen molar-refractivity contribution in [3.8, 4) is 5.75 Å². The Bertz CT molecular complexity index is 585. The summed E-state index contributed by atoms with van der Waals surface area (Å²) in [4.78, 5) is 2.43. The Kier molecular flexibility index (Phi) is 6.12. The minimum Gasteiger partial charge on any atom is -0.492 e. The molecule has 0 unspecified atom stereocenters. The number of piperazine rings is 1. The molecule has 1 aliphatic heterocycles. The molecule has 0 radical (unpaired) electrons. The van der Waals surface area contributed by atoms with Gasteiger partial charge in [0.1, 0.15) is 12.4 Å². The lowest BCUT2D eigenvalue weighted by atomic mass is 10.1. The molecule has 0 saturated carbocycles. The largest absolute Gasteiger partial charge is 0.492 e. The van der Waals surface area contributed by atoms with Gasteiger partial charge in [-0.25, -0.2) is 0 Å². The Morgan fingerprint density at radius 2 is 1.76 bits per heavy atom. The van der Waals surface area contributed by atoms with Crippen LogP contribution in [0.25, 0.3) is 10.8 Å². The quantitative estimate of drug-likeness (QED) is 0.933. The van der Waals surface area contributed by atoms with Crippen LogP contribution in [0.15, 0.2) is 36.4 Å². The van der Waals surface area contributed by atoms with E-state index >= 15 is 0 Å². The van der Waals surface area contributed by atoms with Crippen molar-refractivity contribution in [2.24, 2.45) is 0 Å². The summed E-state index contributed by atoms with van der Waals surface area (Å²) in [6.45, 7) is 6.04. The second kappa shape index (κ2) is 7.85. The van der Waals surface area contributed by atoms with E-state index in [9.17, 15) is 0 Å². The average Bonchev–Trinajstić information content (AvgIpc) is 2.51. The smallest absolute Gasteiger partial charge is 0.127 e. The molecule has 5 heteroatoms. The Hall–Kier alpha value is -1.00. The third-order valence-electron chi connectivity index (χ3n) is 3.71. The highest BCUT2D eigenvalue weighted by atomic mass is 35.5.